The van der Waals surface area contributed by atoms with Gasteiger partial charge in [-0.2, -0.15) is 4.98 Å². The van der Waals surface area contributed by atoms with E-state index >= 15 is 0 Å². The normalized spacial score (nSPS) is 10.1. The molecule has 0 saturated carbocycles. The summed E-state index contributed by atoms with van der Waals surface area (Å²) in [6, 6.07) is 9.17. The molecule has 0 N–H and O–H groups in total. The first kappa shape index (κ1) is 14.0. The summed E-state index contributed by atoms with van der Waals surface area (Å²) in [5, 5.41) is 0. The molecule has 2 aromatic rings. The summed E-state index contributed by atoms with van der Waals surface area (Å²) in [6.45, 7) is 4.54. The molecule has 1 heterocycles. The van der Waals surface area contributed by atoms with Crippen LogP contribution in [0.5, 0.6) is 11.9 Å². The Kier molecular flexibility index (Phi) is 4.65. The van der Waals surface area contributed by atoms with Crippen molar-refractivity contribution in [3.05, 3.63) is 47.7 Å². The molecule has 1 aromatic heterocycles. The first-order valence-corrected chi connectivity index (χ1v) is 6.48. The van der Waals surface area contributed by atoms with Crippen LogP contribution in [-0.4, -0.2) is 29.0 Å². The Morgan fingerprint density at radius 2 is 1.80 bits per heavy atom. The number of hydrogen-bond donors (Lipinski definition) is 0. The van der Waals surface area contributed by atoms with Crippen molar-refractivity contribution in [3.8, 4) is 11.9 Å². The van der Waals surface area contributed by atoms with E-state index in [-0.39, 0.29) is 17.7 Å². The molecule has 0 aliphatic rings. The van der Waals surface area contributed by atoms with E-state index in [1.165, 1.54) is 6.20 Å². The van der Waals surface area contributed by atoms with Gasteiger partial charge in [0.05, 0.1) is 13.2 Å². The van der Waals surface area contributed by atoms with E-state index in [2.05, 4.69) is 9.97 Å². The van der Waals surface area contributed by atoms with E-state index in [0.717, 1.165) is 0 Å². The molecule has 0 saturated heterocycles. The van der Waals surface area contributed by atoms with E-state index in [4.69, 9.17) is 9.47 Å². The zero-order chi connectivity index (χ0) is 14.4. The van der Waals surface area contributed by atoms with Crippen molar-refractivity contribution in [1.82, 2.24) is 9.97 Å². The highest BCUT2D eigenvalue weighted by molar-refractivity contribution is 6.10. The Hall–Kier alpha value is -2.43. The van der Waals surface area contributed by atoms with Crippen molar-refractivity contribution < 1.29 is 14.3 Å². The molecular formula is C15H16N2O3. The van der Waals surface area contributed by atoms with Crippen molar-refractivity contribution >= 4 is 5.78 Å². The van der Waals surface area contributed by atoms with E-state index in [1.54, 1.807) is 12.1 Å². The van der Waals surface area contributed by atoms with Gasteiger partial charge in [0.25, 0.3) is 0 Å². The summed E-state index contributed by atoms with van der Waals surface area (Å²) in [5.74, 6) is 0.0805. The smallest absolute Gasteiger partial charge is 0.319 e. The number of hydrogen-bond acceptors (Lipinski definition) is 5. The molecule has 0 aliphatic heterocycles. The van der Waals surface area contributed by atoms with Gasteiger partial charge in [0, 0.05) is 11.8 Å². The molecule has 0 fully saturated rings. The molecule has 5 heteroatoms. The Labute approximate surface area is 117 Å². The van der Waals surface area contributed by atoms with Crippen LogP contribution in [0.3, 0.4) is 0 Å². The van der Waals surface area contributed by atoms with Gasteiger partial charge in [-0.15, -0.1) is 0 Å². The predicted octanol–water partition coefficient (Wildman–Crippen LogP) is 2.51. The molecule has 0 amide bonds. The van der Waals surface area contributed by atoms with Gasteiger partial charge >= 0.3 is 6.01 Å². The maximum absolute atomic E-state index is 12.4. The lowest BCUT2D eigenvalue weighted by atomic mass is 10.1. The molecule has 104 valence electrons. The average molecular weight is 272 g/mol. The van der Waals surface area contributed by atoms with Crippen LogP contribution < -0.4 is 9.47 Å². The van der Waals surface area contributed by atoms with E-state index in [9.17, 15) is 4.79 Å². The number of carbonyl (C=O) groups is 1. The second kappa shape index (κ2) is 6.65. The summed E-state index contributed by atoms with van der Waals surface area (Å²) in [4.78, 5) is 20.6. The van der Waals surface area contributed by atoms with E-state index in [1.807, 2.05) is 32.0 Å². The van der Waals surface area contributed by atoms with Crippen molar-refractivity contribution in [2.45, 2.75) is 13.8 Å². The number of nitrogens with zero attached hydrogens (tertiary/aromatic N) is 2. The van der Waals surface area contributed by atoms with Gasteiger partial charge in [0.2, 0.25) is 5.88 Å². The summed E-state index contributed by atoms with van der Waals surface area (Å²) >= 11 is 0. The SMILES string of the molecule is CCOc1ncc(C(=O)c2ccccc2)c(OCC)n1. The van der Waals surface area contributed by atoms with Gasteiger partial charge in [-0.3, -0.25) is 4.79 Å². The standard InChI is InChI=1S/C15H16N2O3/c1-3-19-14-12(10-16-15(17-14)20-4-2)13(18)11-8-6-5-7-9-11/h5-10H,3-4H2,1-2H3. The first-order chi connectivity index (χ1) is 9.76. The molecule has 1 aromatic carbocycles. The summed E-state index contributed by atoms with van der Waals surface area (Å²) < 4.78 is 10.6. The van der Waals surface area contributed by atoms with Gasteiger partial charge < -0.3 is 9.47 Å². The van der Waals surface area contributed by atoms with Crippen LogP contribution in [0.4, 0.5) is 0 Å². The highest BCUT2D eigenvalue weighted by Gasteiger charge is 2.17. The number of aromatic nitrogens is 2. The van der Waals surface area contributed by atoms with Crippen LogP contribution >= 0.6 is 0 Å². The number of ether oxygens (including phenoxy) is 2. The second-order valence-corrected chi connectivity index (χ2v) is 3.93. The minimum absolute atomic E-state index is 0.169. The van der Waals surface area contributed by atoms with Gasteiger partial charge in [-0.1, -0.05) is 30.3 Å². The van der Waals surface area contributed by atoms with Gasteiger partial charge in [0.15, 0.2) is 5.78 Å². The van der Waals surface area contributed by atoms with Crippen molar-refractivity contribution in [3.63, 3.8) is 0 Å². The van der Waals surface area contributed by atoms with Gasteiger partial charge in [-0.05, 0) is 13.8 Å². The fraction of sp³-hybridized carbons (Fsp3) is 0.267. The fourth-order valence-electron chi connectivity index (χ4n) is 1.70. The van der Waals surface area contributed by atoms with E-state index < -0.39 is 0 Å². The lowest BCUT2D eigenvalue weighted by Gasteiger charge is -2.09. The number of carbonyl (C=O) groups excluding carboxylic acids is 1. The Morgan fingerprint density at radius 1 is 1.10 bits per heavy atom. The largest absolute Gasteiger partial charge is 0.477 e. The topological polar surface area (TPSA) is 61.3 Å². The fourth-order valence-corrected chi connectivity index (χ4v) is 1.70. The van der Waals surface area contributed by atoms with Crippen LogP contribution in [0.25, 0.3) is 0 Å². The van der Waals surface area contributed by atoms with Crippen LogP contribution in [0.15, 0.2) is 36.5 Å². The van der Waals surface area contributed by atoms with Crippen LogP contribution in [0, 0.1) is 0 Å². The third kappa shape index (κ3) is 3.12. The van der Waals surface area contributed by atoms with Crippen molar-refractivity contribution in [1.29, 1.82) is 0 Å². The first-order valence-electron chi connectivity index (χ1n) is 6.48. The van der Waals surface area contributed by atoms with Crippen molar-refractivity contribution in [2.24, 2.45) is 0 Å². The Bertz CT molecular complexity index is 585. The zero-order valence-corrected chi connectivity index (χ0v) is 11.5. The number of rotatable bonds is 6. The number of ketones is 1. The summed E-state index contributed by atoms with van der Waals surface area (Å²) in [6.07, 6.45) is 1.44. The highest BCUT2D eigenvalue weighted by atomic mass is 16.5. The molecule has 0 aliphatic carbocycles. The summed E-state index contributed by atoms with van der Waals surface area (Å²) in [5.41, 5.74) is 0.905. The minimum atomic E-state index is -0.169. The maximum Gasteiger partial charge on any atom is 0.319 e. The second-order valence-electron chi connectivity index (χ2n) is 3.93. The molecule has 0 radical (unpaired) electrons. The van der Waals surface area contributed by atoms with Crippen LogP contribution in [0.1, 0.15) is 29.8 Å². The van der Waals surface area contributed by atoms with Gasteiger partial charge in [0.1, 0.15) is 5.56 Å². The molecule has 5 nitrogen and oxygen atoms in total. The molecule has 2 rings (SSSR count). The molecule has 0 unspecified atom stereocenters. The van der Waals surface area contributed by atoms with Crippen LogP contribution in [-0.2, 0) is 0 Å². The Morgan fingerprint density at radius 3 is 2.45 bits per heavy atom. The van der Waals surface area contributed by atoms with E-state index in [0.29, 0.717) is 24.3 Å². The number of benzene rings is 1. The zero-order valence-electron chi connectivity index (χ0n) is 11.5. The Balaban J connectivity index is 2.37. The quantitative estimate of drug-likeness (QED) is 0.756. The van der Waals surface area contributed by atoms with Crippen molar-refractivity contribution in [2.75, 3.05) is 13.2 Å². The summed E-state index contributed by atoms with van der Waals surface area (Å²) in [7, 11) is 0. The molecule has 0 atom stereocenters. The molecule has 0 spiro atoms. The molecule has 20 heavy (non-hydrogen) atoms. The molecule has 0 bridgehead atoms. The van der Waals surface area contributed by atoms with Gasteiger partial charge in [-0.25, -0.2) is 4.98 Å². The monoisotopic (exact) mass is 272 g/mol. The maximum atomic E-state index is 12.4. The predicted molar refractivity (Wildman–Crippen MR) is 74.2 cm³/mol. The highest BCUT2D eigenvalue weighted by Crippen LogP contribution is 2.21. The third-order valence-corrected chi connectivity index (χ3v) is 2.57. The minimum Gasteiger partial charge on any atom is -0.477 e. The third-order valence-electron chi connectivity index (χ3n) is 2.57. The lowest BCUT2D eigenvalue weighted by molar-refractivity contribution is 0.103. The molecular weight excluding hydrogens is 256 g/mol. The average Bonchev–Trinajstić information content (AvgIpc) is 2.48. The lowest BCUT2D eigenvalue weighted by Crippen LogP contribution is -2.09. The van der Waals surface area contributed by atoms with Crippen LogP contribution in [0.2, 0.25) is 0 Å².